The summed E-state index contributed by atoms with van der Waals surface area (Å²) in [6.45, 7) is 9.67. The number of methoxy groups -OCH3 is 1. The predicted molar refractivity (Wildman–Crippen MR) is 196 cm³/mol. The van der Waals surface area contributed by atoms with Gasteiger partial charge in [0.1, 0.15) is 12.4 Å². The normalized spacial score (nSPS) is 14.2. The van der Waals surface area contributed by atoms with Gasteiger partial charge in [-0.15, -0.1) is 11.3 Å². The minimum atomic E-state index is -1.82. The van der Waals surface area contributed by atoms with Gasteiger partial charge in [-0.2, -0.15) is 0 Å². The van der Waals surface area contributed by atoms with Crippen molar-refractivity contribution < 1.29 is 54.2 Å². The SMILES string of the molecule is COc1cc(-c2sc3cc(O)ccc3c2Cc2ccc(CN3CCCC3)c(C)c2)ccc1OCCN1CCCC1.O=C(O)C(=O)O.O=C(O)C(=O)O. The maximum atomic E-state index is 10.2. The summed E-state index contributed by atoms with van der Waals surface area (Å²) < 4.78 is 13.0. The van der Waals surface area contributed by atoms with Crippen LogP contribution in [0, 0.1) is 6.92 Å². The zero-order chi connectivity index (χ0) is 37.8. The van der Waals surface area contributed by atoms with Gasteiger partial charge in [0.25, 0.3) is 0 Å². The topological polar surface area (TPSA) is 194 Å². The number of phenols is 1. The molecule has 2 aliphatic heterocycles. The van der Waals surface area contributed by atoms with Gasteiger partial charge >= 0.3 is 23.9 Å². The number of carboxylic acids is 4. The molecule has 5 N–H and O–H groups in total. The number of thiophene rings is 1. The Morgan fingerprint density at radius 2 is 1.37 bits per heavy atom. The zero-order valence-corrected chi connectivity index (χ0v) is 30.0. The number of ether oxygens (including phenoxy) is 2. The van der Waals surface area contributed by atoms with E-state index in [-0.39, 0.29) is 0 Å². The van der Waals surface area contributed by atoms with E-state index in [0.29, 0.717) is 12.4 Å². The van der Waals surface area contributed by atoms with Crippen LogP contribution in [0.2, 0.25) is 0 Å². The number of rotatable bonds is 10. The van der Waals surface area contributed by atoms with Gasteiger partial charge in [0.2, 0.25) is 0 Å². The van der Waals surface area contributed by atoms with Gasteiger partial charge in [-0.25, -0.2) is 19.2 Å². The summed E-state index contributed by atoms with van der Waals surface area (Å²) in [6.07, 6.45) is 6.04. The lowest BCUT2D eigenvalue weighted by Crippen LogP contribution is -2.25. The van der Waals surface area contributed by atoms with E-state index in [9.17, 15) is 5.11 Å². The molecule has 3 aromatic carbocycles. The largest absolute Gasteiger partial charge is 0.508 e. The van der Waals surface area contributed by atoms with Gasteiger partial charge < -0.3 is 35.0 Å². The number of hydrogen-bond acceptors (Lipinski definition) is 10. The average molecular weight is 737 g/mol. The van der Waals surface area contributed by atoms with E-state index in [1.807, 2.05) is 12.1 Å². The third-order valence-electron chi connectivity index (χ3n) is 8.81. The number of benzene rings is 3. The van der Waals surface area contributed by atoms with Crippen molar-refractivity contribution in [1.82, 2.24) is 9.80 Å². The molecule has 0 saturated carbocycles. The Hall–Kier alpha value is -5.18. The number of aliphatic carboxylic acids is 4. The lowest BCUT2D eigenvalue weighted by molar-refractivity contribution is -0.159. The molecule has 0 atom stereocenters. The second kappa shape index (κ2) is 18.9. The summed E-state index contributed by atoms with van der Waals surface area (Å²) in [5.41, 5.74) is 6.50. The number of carboxylic acid groups (broad SMARTS) is 4. The molecule has 14 heteroatoms. The number of hydrogen-bond donors (Lipinski definition) is 5. The molecule has 0 unspecified atom stereocenters. The molecule has 278 valence electrons. The molecular formula is C38H44N2O11S. The minimum Gasteiger partial charge on any atom is -0.508 e. The van der Waals surface area contributed by atoms with E-state index in [4.69, 9.17) is 49.1 Å². The van der Waals surface area contributed by atoms with Gasteiger partial charge in [-0.05, 0) is 135 Å². The van der Waals surface area contributed by atoms with Crippen molar-refractivity contribution in [2.24, 2.45) is 0 Å². The van der Waals surface area contributed by atoms with Crippen LogP contribution in [0.25, 0.3) is 20.5 Å². The maximum absolute atomic E-state index is 10.2. The molecule has 0 aliphatic carbocycles. The molecule has 0 amide bonds. The van der Waals surface area contributed by atoms with Crippen LogP contribution < -0.4 is 9.47 Å². The van der Waals surface area contributed by atoms with Crippen molar-refractivity contribution in [3.05, 3.63) is 76.9 Å². The highest BCUT2D eigenvalue weighted by Gasteiger charge is 2.19. The van der Waals surface area contributed by atoms with Crippen LogP contribution in [0.5, 0.6) is 17.2 Å². The molecule has 2 saturated heterocycles. The fourth-order valence-electron chi connectivity index (χ4n) is 6.20. The summed E-state index contributed by atoms with van der Waals surface area (Å²) in [4.78, 5) is 42.6. The third-order valence-corrected chi connectivity index (χ3v) is 10.1. The Morgan fingerprint density at radius 1 is 0.750 bits per heavy atom. The van der Waals surface area contributed by atoms with Crippen molar-refractivity contribution in [3.63, 3.8) is 0 Å². The fraction of sp³-hybridized carbons (Fsp3) is 0.368. The van der Waals surface area contributed by atoms with Gasteiger partial charge in [-0.1, -0.05) is 18.2 Å². The first-order chi connectivity index (χ1) is 24.9. The maximum Gasteiger partial charge on any atom is 0.414 e. The van der Waals surface area contributed by atoms with Gasteiger partial charge in [0.05, 0.1) is 7.11 Å². The molecule has 0 spiro atoms. The van der Waals surface area contributed by atoms with Crippen LogP contribution in [-0.4, -0.2) is 106 Å². The van der Waals surface area contributed by atoms with E-state index < -0.39 is 23.9 Å². The van der Waals surface area contributed by atoms with Crippen molar-refractivity contribution >= 4 is 45.3 Å². The second-order valence-electron chi connectivity index (χ2n) is 12.5. The first-order valence-electron chi connectivity index (χ1n) is 16.9. The first-order valence-corrected chi connectivity index (χ1v) is 17.7. The van der Waals surface area contributed by atoms with Crippen molar-refractivity contribution in [2.45, 2.75) is 45.6 Å². The molecule has 4 aromatic rings. The molecule has 2 aliphatic rings. The Kier molecular flexibility index (Phi) is 14.4. The molecule has 0 radical (unpaired) electrons. The average Bonchev–Trinajstić information content (AvgIpc) is 3.89. The number of likely N-dealkylation sites (tertiary alicyclic amines) is 2. The molecule has 6 rings (SSSR count). The first kappa shape index (κ1) is 39.6. The smallest absolute Gasteiger partial charge is 0.414 e. The van der Waals surface area contributed by atoms with E-state index in [1.165, 1.54) is 84.4 Å². The monoisotopic (exact) mass is 736 g/mol. The van der Waals surface area contributed by atoms with Crippen molar-refractivity contribution in [2.75, 3.05) is 46.4 Å². The highest BCUT2D eigenvalue weighted by molar-refractivity contribution is 7.22. The number of nitrogens with zero attached hydrogens (tertiary/aromatic N) is 2. The van der Waals surface area contributed by atoms with Crippen LogP contribution in [0.3, 0.4) is 0 Å². The van der Waals surface area contributed by atoms with E-state index in [0.717, 1.165) is 41.3 Å². The number of aromatic hydroxyl groups is 1. The van der Waals surface area contributed by atoms with Crippen molar-refractivity contribution in [1.29, 1.82) is 0 Å². The van der Waals surface area contributed by atoms with Crippen LogP contribution >= 0.6 is 11.3 Å². The quantitative estimate of drug-likeness (QED) is 0.127. The standard InChI is InChI=1S/C34H40N2O3S.2C2H2O4/c1-24-19-25(7-8-27(24)23-36-15-5-6-16-36)20-30-29-11-10-28(37)22-33(29)40-34(30)26-9-12-31(32(21-26)38-2)39-18-17-35-13-3-4-14-35;2*3-1(4)2(5)6/h7-12,19,21-22,37H,3-6,13-18,20,23H2,1-2H3;2*(H,3,4)(H,5,6). The van der Waals surface area contributed by atoms with E-state index in [2.05, 4.69) is 53.1 Å². The molecule has 3 heterocycles. The molecule has 52 heavy (non-hydrogen) atoms. The Balaban J connectivity index is 0.000000436. The zero-order valence-electron chi connectivity index (χ0n) is 29.2. The van der Waals surface area contributed by atoms with Gasteiger partial charge in [0, 0.05) is 22.7 Å². The fourth-order valence-corrected chi connectivity index (χ4v) is 7.45. The van der Waals surface area contributed by atoms with E-state index in [1.54, 1.807) is 24.5 Å². The Bertz CT molecular complexity index is 1830. The van der Waals surface area contributed by atoms with Crippen LogP contribution in [0.4, 0.5) is 0 Å². The Labute approximate surface area is 305 Å². The van der Waals surface area contributed by atoms with Crippen LogP contribution in [-0.2, 0) is 32.1 Å². The number of aryl methyl sites for hydroxylation is 1. The predicted octanol–water partition coefficient (Wildman–Crippen LogP) is 5.56. The summed E-state index contributed by atoms with van der Waals surface area (Å²) in [6, 6.07) is 19.0. The minimum absolute atomic E-state index is 0.299. The number of fused-ring (bicyclic) bond motifs is 1. The highest BCUT2D eigenvalue weighted by Crippen LogP contribution is 2.43. The third kappa shape index (κ3) is 11.2. The lowest BCUT2D eigenvalue weighted by atomic mass is 9.96. The summed E-state index contributed by atoms with van der Waals surface area (Å²) >= 11 is 1.73. The van der Waals surface area contributed by atoms with Gasteiger partial charge in [-0.3, -0.25) is 9.80 Å². The van der Waals surface area contributed by atoms with E-state index >= 15 is 0 Å². The second-order valence-corrected chi connectivity index (χ2v) is 13.5. The Morgan fingerprint density at radius 3 is 1.94 bits per heavy atom. The van der Waals surface area contributed by atoms with Crippen LogP contribution in [0.15, 0.2) is 54.6 Å². The van der Waals surface area contributed by atoms with Gasteiger partial charge in [0.15, 0.2) is 11.5 Å². The van der Waals surface area contributed by atoms with Crippen molar-refractivity contribution in [3.8, 4) is 27.7 Å². The molecule has 13 nitrogen and oxygen atoms in total. The van der Waals surface area contributed by atoms with Crippen LogP contribution in [0.1, 0.15) is 47.9 Å². The number of carbonyl (C=O) groups is 4. The molecule has 2 fully saturated rings. The molecule has 1 aromatic heterocycles. The number of phenolic OH excluding ortho intramolecular Hbond substituents is 1. The summed E-state index contributed by atoms with van der Waals surface area (Å²) in [5.74, 6) is -5.45. The summed E-state index contributed by atoms with van der Waals surface area (Å²) in [5, 5.41) is 41.0. The molecular weight excluding hydrogens is 692 g/mol. The lowest BCUT2D eigenvalue weighted by Gasteiger charge is -2.17. The molecule has 0 bridgehead atoms. The highest BCUT2D eigenvalue weighted by atomic mass is 32.1. The summed E-state index contributed by atoms with van der Waals surface area (Å²) in [7, 11) is 1.71.